The second kappa shape index (κ2) is 8.44. The van der Waals surface area contributed by atoms with E-state index in [1.165, 1.54) is 0 Å². The Hall–Kier alpha value is -2.20. The Kier molecular flexibility index (Phi) is 6.29. The molecule has 0 bridgehead atoms. The van der Waals surface area contributed by atoms with Crippen LogP contribution in [0.3, 0.4) is 0 Å². The van der Waals surface area contributed by atoms with E-state index in [1.54, 1.807) is 0 Å². The molecule has 0 aromatic heterocycles. The Balaban J connectivity index is 1.76. The summed E-state index contributed by atoms with van der Waals surface area (Å²) in [7, 11) is 2.00. The van der Waals surface area contributed by atoms with Gasteiger partial charge in [-0.2, -0.15) is 0 Å². The fourth-order valence-electron chi connectivity index (χ4n) is 2.30. The van der Waals surface area contributed by atoms with E-state index in [-0.39, 0.29) is 12.1 Å². The molecule has 0 spiro atoms. The van der Waals surface area contributed by atoms with Gasteiger partial charge in [-0.25, -0.2) is 4.79 Å². The number of rotatable bonds is 6. The highest BCUT2D eigenvalue weighted by Gasteiger charge is 2.11. The smallest absolute Gasteiger partial charge is 0.315 e. The van der Waals surface area contributed by atoms with Gasteiger partial charge in [-0.3, -0.25) is 0 Å². The van der Waals surface area contributed by atoms with Crippen molar-refractivity contribution in [2.24, 2.45) is 0 Å². The van der Waals surface area contributed by atoms with Crippen LogP contribution in [0.1, 0.15) is 18.5 Å². The van der Waals surface area contributed by atoms with Crippen LogP contribution < -0.4 is 15.5 Å². The third kappa shape index (κ3) is 5.18. The minimum absolute atomic E-state index is 0.143. The van der Waals surface area contributed by atoms with E-state index < -0.39 is 0 Å². The first-order valence-corrected chi connectivity index (χ1v) is 8.00. The van der Waals surface area contributed by atoms with Gasteiger partial charge in [0, 0.05) is 30.8 Å². The molecule has 4 nitrogen and oxygen atoms in total. The first-order chi connectivity index (χ1) is 11.1. The number of carbonyl (C=O) groups excluding carboxylic acids is 1. The van der Waals surface area contributed by atoms with Crippen LogP contribution in [0, 0.1) is 0 Å². The predicted molar refractivity (Wildman–Crippen MR) is 96.1 cm³/mol. The van der Waals surface area contributed by atoms with Crippen LogP contribution in [-0.2, 0) is 0 Å². The average Bonchev–Trinajstić information content (AvgIpc) is 2.55. The molecule has 2 aromatic carbocycles. The minimum atomic E-state index is -0.195. The zero-order chi connectivity index (χ0) is 16.7. The van der Waals surface area contributed by atoms with Crippen molar-refractivity contribution in [1.29, 1.82) is 0 Å². The Labute approximate surface area is 142 Å². The molecule has 2 N–H and O–H groups in total. The number of urea groups is 1. The number of anilines is 1. The highest BCUT2D eigenvalue weighted by atomic mass is 35.5. The second-order valence-electron chi connectivity index (χ2n) is 5.40. The zero-order valence-corrected chi connectivity index (χ0v) is 14.2. The number of halogens is 1. The molecular weight excluding hydrogens is 310 g/mol. The van der Waals surface area contributed by atoms with Crippen molar-refractivity contribution >= 4 is 23.3 Å². The number of likely N-dealkylation sites (N-methyl/N-ethyl adjacent to an activating group) is 1. The Morgan fingerprint density at radius 3 is 2.48 bits per heavy atom. The fourth-order valence-corrected chi connectivity index (χ4v) is 2.60. The van der Waals surface area contributed by atoms with Crippen LogP contribution in [-0.4, -0.2) is 26.2 Å². The normalized spacial score (nSPS) is 11.6. The van der Waals surface area contributed by atoms with E-state index in [1.807, 2.05) is 68.6 Å². The molecule has 2 rings (SSSR count). The Morgan fingerprint density at radius 2 is 1.78 bits per heavy atom. The maximum absolute atomic E-state index is 12.0. The summed E-state index contributed by atoms with van der Waals surface area (Å²) in [6.45, 7) is 3.21. The number of hydrogen-bond donors (Lipinski definition) is 2. The van der Waals surface area contributed by atoms with E-state index in [2.05, 4.69) is 15.5 Å². The number of carbonyl (C=O) groups is 1. The van der Waals surface area contributed by atoms with Gasteiger partial charge in [-0.05, 0) is 30.7 Å². The third-order valence-electron chi connectivity index (χ3n) is 3.65. The molecule has 0 heterocycles. The quantitative estimate of drug-likeness (QED) is 0.844. The van der Waals surface area contributed by atoms with Gasteiger partial charge in [-0.15, -0.1) is 0 Å². The van der Waals surface area contributed by atoms with Crippen molar-refractivity contribution in [1.82, 2.24) is 10.6 Å². The predicted octanol–water partition coefficient (Wildman–Crippen LogP) is 3.84. The number of nitrogens with zero attached hydrogens (tertiary/aromatic N) is 1. The highest BCUT2D eigenvalue weighted by molar-refractivity contribution is 6.31. The molecule has 0 aliphatic heterocycles. The molecule has 1 unspecified atom stereocenters. The molecular formula is C18H22ClN3O. The largest absolute Gasteiger partial charge is 0.373 e. The summed E-state index contributed by atoms with van der Waals surface area (Å²) in [6, 6.07) is 17.2. The lowest BCUT2D eigenvalue weighted by atomic mass is 10.1. The van der Waals surface area contributed by atoms with Crippen LogP contribution in [0.4, 0.5) is 10.5 Å². The van der Waals surface area contributed by atoms with Gasteiger partial charge in [-0.1, -0.05) is 48.0 Å². The number of nitrogens with one attached hydrogen (secondary N) is 2. The lowest BCUT2D eigenvalue weighted by Crippen LogP contribution is -2.40. The van der Waals surface area contributed by atoms with E-state index in [0.717, 1.165) is 17.8 Å². The molecule has 0 radical (unpaired) electrons. The topological polar surface area (TPSA) is 44.4 Å². The Morgan fingerprint density at radius 1 is 1.13 bits per heavy atom. The number of hydrogen-bond acceptors (Lipinski definition) is 2. The Bertz CT molecular complexity index is 633. The standard InChI is InChI=1S/C18H22ClN3O/c1-14(16-10-6-7-11-17(16)19)21-18(23)20-12-13-22(2)15-8-4-3-5-9-15/h3-11,14H,12-13H2,1-2H3,(H2,20,21,23). The number of amides is 2. The van der Waals surface area contributed by atoms with Crippen molar-refractivity contribution in [3.8, 4) is 0 Å². The van der Waals surface area contributed by atoms with Crippen molar-refractivity contribution in [2.45, 2.75) is 13.0 Å². The average molecular weight is 332 g/mol. The first kappa shape index (κ1) is 17.2. The first-order valence-electron chi connectivity index (χ1n) is 7.63. The van der Waals surface area contributed by atoms with Gasteiger partial charge in [0.1, 0.15) is 0 Å². The summed E-state index contributed by atoms with van der Waals surface area (Å²) >= 11 is 6.14. The molecule has 0 saturated carbocycles. The lowest BCUT2D eigenvalue weighted by molar-refractivity contribution is 0.238. The molecule has 2 amide bonds. The molecule has 23 heavy (non-hydrogen) atoms. The maximum Gasteiger partial charge on any atom is 0.315 e. The molecule has 2 aromatic rings. The van der Waals surface area contributed by atoms with Crippen LogP contribution in [0.25, 0.3) is 0 Å². The van der Waals surface area contributed by atoms with Gasteiger partial charge in [0.15, 0.2) is 0 Å². The molecule has 5 heteroatoms. The maximum atomic E-state index is 12.0. The minimum Gasteiger partial charge on any atom is -0.373 e. The monoisotopic (exact) mass is 331 g/mol. The summed E-state index contributed by atoms with van der Waals surface area (Å²) in [5.41, 5.74) is 2.03. The van der Waals surface area contributed by atoms with Gasteiger partial charge in [0.05, 0.1) is 6.04 Å². The molecule has 0 fully saturated rings. The van der Waals surface area contributed by atoms with E-state index in [4.69, 9.17) is 11.6 Å². The van der Waals surface area contributed by atoms with Gasteiger partial charge < -0.3 is 15.5 Å². The molecule has 0 aliphatic rings. The molecule has 1 atom stereocenters. The summed E-state index contributed by atoms with van der Waals surface area (Å²) in [5.74, 6) is 0. The van der Waals surface area contributed by atoms with Gasteiger partial charge in [0.25, 0.3) is 0 Å². The van der Waals surface area contributed by atoms with Crippen molar-refractivity contribution < 1.29 is 4.79 Å². The van der Waals surface area contributed by atoms with E-state index >= 15 is 0 Å². The van der Waals surface area contributed by atoms with Gasteiger partial charge >= 0.3 is 6.03 Å². The lowest BCUT2D eigenvalue weighted by Gasteiger charge is -2.20. The third-order valence-corrected chi connectivity index (χ3v) is 3.99. The summed E-state index contributed by atoms with van der Waals surface area (Å²) in [6.07, 6.45) is 0. The number of para-hydroxylation sites is 1. The van der Waals surface area contributed by atoms with Crippen molar-refractivity contribution in [3.05, 3.63) is 65.2 Å². The molecule has 122 valence electrons. The molecule has 0 saturated heterocycles. The summed E-state index contributed by atoms with van der Waals surface area (Å²) < 4.78 is 0. The van der Waals surface area contributed by atoms with E-state index in [9.17, 15) is 4.79 Å². The van der Waals surface area contributed by atoms with Crippen LogP contribution >= 0.6 is 11.6 Å². The number of benzene rings is 2. The van der Waals surface area contributed by atoms with Crippen LogP contribution in [0.15, 0.2) is 54.6 Å². The SMILES string of the molecule is CC(NC(=O)NCCN(C)c1ccccc1)c1ccccc1Cl. The van der Waals surface area contributed by atoms with Gasteiger partial charge in [0.2, 0.25) is 0 Å². The van der Waals surface area contributed by atoms with Crippen LogP contribution in [0.2, 0.25) is 5.02 Å². The van der Waals surface area contributed by atoms with Crippen molar-refractivity contribution in [2.75, 3.05) is 25.0 Å². The summed E-state index contributed by atoms with van der Waals surface area (Å²) in [4.78, 5) is 14.1. The second-order valence-corrected chi connectivity index (χ2v) is 5.81. The molecule has 0 aliphatic carbocycles. The zero-order valence-electron chi connectivity index (χ0n) is 13.4. The van der Waals surface area contributed by atoms with Crippen molar-refractivity contribution in [3.63, 3.8) is 0 Å². The fraction of sp³-hybridized carbons (Fsp3) is 0.278. The summed E-state index contributed by atoms with van der Waals surface area (Å²) in [5, 5.41) is 6.42. The highest BCUT2D eigenvalue weighted by Crippen LogP contribution is 2.21. The van der Waals surface area contributed by atoms with Crippen LogP contribution in [0.5, 0.6) is 0 Å². The van der Waals surface area contributed by atoms with E-state index in [0.29, 0.717) is 11.6 Å².